The number of hydrogen-bond donors (Lipinski definition) is 1. The highest BCUT2D eigenvalue weighted by Gasteiger charge is 2.32. The van der Waals surface area contributed by atoms with Crippen LogP contribution >= 0.6 is 0 Å². The van der Waals surface area contributed by atoms with Crippen molar-refractivity contribution in [2.24, 2.45) is 5.16 Å². The number of benzene rings is 1. The second-order valence-electron chi connectivity index (χ2n) is 9.05. The number of pyridine rings is 1. The minimum absolute atomic E-state index is 0.155. The van der Waals surface area contributed by atoms with Crippen molar-refractivity contribution in [3.05, 3.63) is 54.2 Å². The standard InChI is InChI=1S/C26H27FN6O6/c1-17(34)28-14-21-15-33(26(36)39-21)19-2-3-22(23(27)11-19)18-4-5-32-20(12-29-24(32)10-18)13-30-38-16-25(35)31-6-8-37-9-7-31/h2-5,10-13,21H,6-9,14-16H2,1H3,(H,28,34)/b30-13+/t21-/m0/s1. The number of nitrogens with zero attached hydrogens (tertiary/aromatic N) is 5. The van der Waals surface area contributed by atoms with Gasteiger partial charge >= 0.3 is 6.09 Å². The van der Waals surface area contributed by atoms with Crippen molar-refractivity contribution in [2.45, 2.75) is 13.0 Å². The number of carbonyl (C=O) groups excluding carboxylic acids is 3. The molecular formula is C26H27FN6O6. The molecule has 2 aromatic heterocycles. The second-order valence-corrected chi connectivity index (χ2v) is 9.05. The van der Waals surface area contributed by atoms with Gasteiger partial charge in [0.05, 0.1) is 50.1 Å². The fourth-order valence-electron chi connectivity index (χ4n) is 4.35. The molecule has 13 heteroatoms. The molecule has 1 atom stereocenters. The molecule has 3 aromatic rings. The first-order valence-electron chi connectivity index (χ1n) is 12.4. The van der Waals surface area contributed by atoms with E-state index >= 15 is 4.39 Å². The Morgan fingerprint density at radius 2 is 2.08 bits per heavy atom. The van der Waals surface area contributed by atoms with E-state index in [0.717, 1.165) is 0 Å². The summed E-state index contributed by atoms with van der Waals surface area (Å²) in [6.07, 6.45) is 3.66. The Bertz CT molecular complexity index is 1420. The predicted molar refractivity (Wildman–Crippen MR) is 138 cm³/mol. The van der Waals surface area contributed by atoms with Crippen LogP contribution in [0.5, 0.6) is 0 Å². The van der Waals surface area contributed by atoms with E-state index in [1.807, 2.05) is 0 Å². The van der Waals surface area contributed by atoms with Crippen LogP contribution in [0.3, 0.4) is 0 Å². The van der Waals surface area contributed by atoms with E-state index in [1.165, 1.54) is 24.1 Å². The summed E-state index contributed by atoms with van der Waals surface area (Å²) in [5.74, 6) is -0.891. The number of anilines is 1. The van der Waals surface area contributed by atoms with Gasteiger partial charge in [-0.3, -0.25) is 18.9 Å². The van der Waals surface area contributed by atoms with Crippen molar-refractivity contribution in [1.29, 1.82) is 0 Å². The predicted octanol–water partition coefficient (Wildman–Crippen LogP) is 1.81. The lowest BCUT2D eigenvalue weighted by Crippen LogP contribution is -2.42. The zero-order valence-corrected chi connectivity index (χ0v) is 21.2. The molecule has 0 radical (unpaired) electrons. The van der Waals surface area contributed by atoms with E-state index in [-0.39, 0.29) is 31.5 Å². The molecule has 0 aliphatic carbocycles. The van der Waals surface area contributed by atoms with Crippen LogP contribution in [0.25, 0.3) is 16.8 Å². The summed E-state index contributed by atoms with van der Waals surface area (Å²) in [5, 5.41) is 6.50. The zero-order valence-electron chi connectivity index (χ0n) is 21.2. The second kappa shape index (κ2) is 11.5. The van der Waals surface area contributed by atoms with E-state index < -0.39 is 18.0 Å². The Morgan fingerprint density at radius 3 is 2.85 bits per heavy atom. The molecule has 2 fully saturated rings. The van der Waals surface area contributed by atoms with Crippen LogP contribution in [-0.4, -0.2) is 90.5 Å². The molecule has 39 heavy (non-hydrogen) atoms. The molecule has 0 unspecified atom stereocenters. The molecule has 4 heterocycles. The largest absolute Gasteiger partial charge is 0.442 e. The van der Waals surface area contributed by atoms with Gasteiger partial charge in [-0.25, -0.2) is 14.2 Å². The third-order valence-corrected chi connectivity index (χ3v) is 6.38. The van der Waals surface area contributed by atoms with Crippen LogP contribution in [0.2, 0.25) is 0 Å². The van der Waals surface area contributed by atoms with E-state index in [0.29, 0.717) is 54.5 Å². The number of ether oxygens (including phenoxy) is 2. The topological polar surface area (TPSA) is 127 Å². The molecule has 2 aliphatic rings. The van der Waals surface area contributed by atoms with Crippen molar-refractivity contribution in [2.75, 3.05) is 50.9 Å². The normalized spacial score (nSPS) is 17.6. The molecule has 3 amide bonds. The average molecular weight is 539 g/mol. The molecule has 5 rings (SSSR count). The number of oxime groups is 1. The molecule has 2 aliphatic heterocycles. The third kappa shape index (κ3) is 5.98. The molecule has 2 saturated heterocycles. The van der Waals surface area contributed by atoms with Gasteiger partial charge in [0.2, 0.25) is 5.91 Å². The molecule has 1 aromatic carbocycles. The Kier molecular flexibility index (Phi) is 7.68. The smallest absolute Gasteiger partial charge is 0.414 e. The van der Waals surface area contributed by atoms with Crippen LogP contribution in [0.4, 0.5) is 14.9 Å². The zero-order chi connectivity index (χ0) is 27.4. The lowest BCUT2D eigenvalue weighted by atomic mass is 10.1. The number of rotatable bonds is 8. The van der Waals surface area contributed by atoms with Gasteiger partial charge < -0.3 is 24.5 Å². The minimum Gasteiger partial charge on any atom is -0.442 e. The summed E-state index contributed by atoms with van der Waals surface area (Å²) in [6, 6.07) is 7.98. The maximum absolute atomic E-state index is 15.1. The van der Waals surface area contributed by atoms with Crippen molar-refractivity contribution >= 4 is 35.5 Å². The van der Waals surface area contributed by atoms with Gasteiger partial charge in [-0.05, 0) is 35.9 Å². The fraction of sp³-hybridized carbons (Fsp3) is 0.346. The summed E-state index contributed by atoms with van der Waals surface area (Å²) >= 11 is 0. The van der Waals surface area contributed by atoms with Gasteiger partial charge in [0.1, 0.15) is 17.6 Å². The van der Waals surface area contributed by atoms with Gasteiger partial charge in [0, 0.05) is 31.8 Å². The Hall–Kier alpha value is -4.52. The number of cyclic esters (lactones) is 1. The van der Waals surface area contributed by atoms with E-state index in [4.69, 9.17) is 14.3 Å². The third-order valence-electron chi connectivity index (χ3n) is 6.38. The summed E-state index contributed by atoms with van der Waals surface area (Å²) < 4.78 is 27.4. The van der Waals surface area contributed by atoms with Crippen molar-refractivity contribution in [3.8, 4) is 11.1 Å². The fourth-order valence-corrected chi connectivity index (χ4v) is 4.35. The van der Waals surface area contributed by atoms with Gasteiger partial charge in [-0.2, -0.15) is 0 Å². The maximum Gasteiger partial charge on any atom is 0.414 e. The molecule has 0 saturated carbocycles. The van der Waals surface area contributed by atoms with E-state index in [1.54, 1.807) is 46.0 Å². The first-order valence-corrected chi connectivity index (χ1v) is 12.4. The molecule has 0 spiro atoms. The highest BCUT2D eigenvalue weighted by atomic mass is 19.1. The van der Waals surface area contributed by atoms with Crippen LogP contribution in [0.15, 0.2) is 47.9 Å². The number of hydrogen-bond acceptors (Lipinski definition) is 8. The number of imidazole rings is 1. The first kappa shape index (κ1) is 26.1. The Morgan fingerprint density at radius 1 is 1.26 bits per heavy atom. The quantitative estimate of drug-likeness (QED) is 0.342. The van der Waals surface area contributed by atoms with E-state index in [2.05, 4.69) is 15.5 Å². The van der Waals surface area contributed by atoms with Crippen LogP contribution < -0.4 is 10.2 Å². The highest BCUT2D eigenvalue weighted by Crippen LogP contribution is 2.29. The lowest BCUT2D eigenvalue weighted by Gasteiger charge is -2.26. The Labute approximate surface area is 222 Å². The number of fused-ring (bicyclic) bond motifs is 1. The average Bonchev–Trinajstić information content (AvgIpc) is 3.52. The number of halogens is 1. The Balaban J connectivity index is 1.23. The lowest BCUT2D eigenvalue weighted by molar-refractivity contribution is -0.140. The van der Waals surface area contributed by atoms with Gasteiger partial charge in [-0.1, -0.05) is 5.16 Å². The summed E-state index contributed by atoms with van der Waals surface area (Å²) in [5.41, 5.74) is 2.48. The number of aromatic nitrogens is 2. The number of morpholine rings is 1. The number of amides is 3. The van der Waals surface area contributed by atoms with Crippen LogP contribution in [0.1, 0.15) is 12.6 Å². The minimum atomic E-state index is -0.597. The molecular weight excluding hydrogens is 511 g/mol. The van der Waals surface area contributed by atoms with E-state index in [9.17, 15) is 14.4 Å². The maximum atomic E-state index is 15.1. The summed E-state index contributed by atoms with van der Waals surface area (Å²) in [7, 11) is 0. The summed E-state index contributed by atoms with van der Waals surface area (Å²) in [4.78, 5) is 48.0. The highest BCUT2D eigenvalue weighted by molar-refractivity contribution is 5.90. The van der Waals surface area contributed by atoms with Crippen LogP contribution in [-0.2, 0) is 23.9 Å². The van der Waals surface area contributed by atoms with Crippen LogP contribution in [0, 0.1) is 5.82 Å². The van der Waals surface area contributed by atoms with Crippen molar-refractivity contribution in [1.82, 2.24) is 19.6 Å². The van der Waals surface area contributed by atoms with Gasteiger partial charge in [0.25, 0.3) is 5.91 Å². The van der Waals surface area contributed by atoms with Crippen molar-refractivity contribution in [3.63, 3.8) is 0 Å². The monoisotopic (exact) mass is 538 g/mol. The summed E-state index contributed by atoms with van der Waals surface area (Å²) in [6.45, 7) is 3.71. The van der Waals surface area contributed by atoms with Crippen molar-refractivity contribution < 1.29 is 33.1 Å². The molecule has 204 valence electrons. The molecule has 1 N–H and O–H groups in total. The number of nitrogens with one attached hydrogen (secondary N) is 1. The SMILES string of the molecule is CC(=O)NC[C@H]1CN(c2ccc(-c3ccn4c(/C=N/OCC(=O)N5CCOCC5)cnc4c3)c(F)c2)C(=O)O1. The molecule has 12 nitrogen and oxygen atoms in total. The van der Waals surface area contributed by atoms with Gasteiger partial charge in [0.15, 0.2) is 6.61 Å². The number of carbonyl (C=O) groups is 3. The van der Waals surface area contributed by atoms with Gasteiger partial charge in [-0.15, -0.1) is 0 Å². The molecule has 0 bridgehead atoms. The first-order chi connectivity index (χ1) is 18.9.